The van der Waals surface area contributed by atoms with Crippen molar-refractivity contribution in [2.24, 2.45) is 0 Å². The van der Waals surface area contributed by atoms with Gasteiger partial charge in [0.2, 0.25) is 0 Å². The summed E-state index contributed by atoms with van der Waals surface area (Å²) >= 11 is 5.77. The summed E-state index contributed by atoms with van der Waals surface area (Å²) in [5.41, 5.74) is 1.91. The van der Waals surface area contributed by atoms with E-state index in [0.29, 0.717) is 5.88 Å². The maximum Gasteiger partial charge on any atom is 0.128 e. The molecule has 0 N–H and O–H groups in total. The molecule has 0 aromatic carbocycles. The molecule has 0 fully saturated rings. The van der Waals surface area contributed by atoms with Crippen LogP contribution >= 0.6 is 11.6 Å². The van der Waals surface area contributed by atoms with E-state index in [2.05, 4.69) is 14.9 Å². The maximum atomic E-state index is 5.77. The van der Waals surface area contributed by atoms with Crippen LogP contribution in [0.3, 0.4) is 0 Å². The summed E-state index contributed by atoms with van der Waals surface area (Å²) in [4.78, 5) is 10.8. The van der Waals surface area contributed by atoms with Gasteiger partial charge in [-0.25, -0.2) is 4.98 Å². The van der Waals surface area contributed by atoms with Crippen molar-refractivity contribution in [3.8, 4) is 0 Å². The van der Waals surface area contributed by atoms with E-state index in [9.17, 15) is 0 Å². The first-order valence-corrected chi connectivity index (χ1v) is 5.96. The van der Waals surface area contributed by atoms with E-state index in [1.54, 1.807) is 6.20 Å². The largest absolute Gasteiger partial charge is 0.354 e. The van der Waals surface area contributed by atoms with Crippen molar-refractivity contribution in [2.45, 2.75) is 12.4 Å². The molecule has 2 aromatic heterocycles. The van der Waals surface area contributed by atoms with Crippen molar-refractivity contribution in [3.63, 3.8) is 0 Å². The molecule has 2 rings (SSSR count). The van der Waals surface area contributed by atoms with Crippen LogP contribution in [0.2, 0.25) is 0 Å². The van der Waals surface area contributed by atoms with Gasteiger partial charge in [-0.1, -0.05) is 12.1 Å². The van der Waals surface area contributed by atoms with E-state index in [0.717, 1.165) is 23.8 Å². The van der Waals surface area contributed by atoms with Crippen molar-refractivity contribution in [1.82, 2.24) is 9.97 Å². The molecular formula is C13H14ClN3. The highest BCUT2D eigenvalue weighted by molar-refractivity contribution is 6.16. The number of anilines is 1. The number of alkyl halides is 1. The van der Waals surface area contributed by atoms with E-state index >= 15 is 0 Å². The van der Waals surface area contributed by atoms with Crippen molar-refractivity contribution in [3.05, 3.63) is 54.0 Å². The second-order valence-electron chi connectivity index (χ2n) is 3.80. The van der Waals surface area contributed by atoms with Gasteiger partial charge in [-0.05, 0) is 24.3 Å². The lowest BCUT2D eigenvalue weighted by Gasteiger charge is -2.18. The van der Waals surface area contributed by atoms with E-state index in [1.165, 1.54) is 0 Å². The minimum absolute atomic E-state index is 0.436. The van der Waals surface area contributed by atoms with Gasteiger partial charge in [0.25, 0.3) is 0 Å². The standard InChI is InChI=1S/C13H14ClN3/c1-17(10-12-5-2-3-8-15-12)13-7-4-6-11(9-14)16-13/h2-8H,9-10H2,1H3. The summed E-state index contributed by atoms with van der Waals surface area (Å²) in [5, 5.41) is 0. The molecule has 17 heavy (non-hydrogen) atoms. The number of rotatable bonds is 4. The molecular weight excluding hydrogens is 234 g/mol. The topological polar surface area (TPSA) is 29.0 Å². The Labute approximate surface area is 106 Å². The van der Waals surface area contributed by atoms with Crippen molar-refractivity contribution >= 4 is 17.4 Å². The molecule has 0 unspecified atom stereocenters. The SMILES string of the molecule is CN(Cc1ccccn1)c1cccc(CCl)n1. The lowest BCUT2D eigenvalue weighted by atomic mass is 10.3. The number of nitrogens with zero attached hydrogens (tertiary/aromatic N) is 3. The third-order valence-electron chi connectivity index (χ3n) is 2.45. The Balaban J connectivity index is 2.11. The summed E-state index contributed by atoms with van der Waals surface area (Å²) in [5.74, 6) is 1.35. The molecule has 0 aliphatic heterocycles. The van der Waals surface area contributed by atoms with Crippen LogP contribution < -0.4 is 4.90 Å². The number of halogens is 1. The van der Waals surface area contributed by atoms with Gasteiger partial charge in [0.05, 0.1) is 23.8 Å². The van der Waals surface area contributed by atoms with E-state index < -0.39 is 0 Å². The molecule has 0 radical (unpaired) electrons. The van der Waals surface area contributed by atoms with Gasteiger partial charge < -0.3 is 4.90 Å². The number of hydrogen-bond donors (Lipinski definition) is 0. The fraction of sp³-hybridized carbons (Fsp3) is 0.231. The van der Waals surface area contributed by atoms with E-state index in [-0.39, 0.29) is 0 Å². The molecule has 0 bridgehead atoms. The fourth-order valence-electron chi connectivity index (χ4n) is 1.57. The highest BCUT2D eigenvalue weighted by Gasteiger charge is 2.04. The Morgan fingerprint density at radius 1 is 1.12 bits per heavy atom. The third kappa shape index (κ3) is 3.17. The third-order valence-corrected chi connectivity index (χ3v) is 2.72. The monoisotopic (exact) mass is 247 g/mol. The number of aromatic nitrogens is 2. The molecule has 0 aliphatic carbocycles. The average Bonchev–Trinajstić information content (AvgIpc) is 2.40. The molecule has 88 valence electrons. The zero-order valence-electron chi connectivity index (χ0n) is 9.68. The van der Waals surface area contributed by atoms with Gasteiger partial charge in [0.1, 0.15) is 5.82 Å². The highest BCUT2D eigenvalue weighted by atomic mass is 35.5. The average molecular weight is 248 g/mol. The van der Waals surface area contributed by atoms with Crippen LogP contribution in [0.1, 0.15) is 11.4 Å². The van der Waals surface area contributed by atoms with Crippen LogP contribution in [0, 0.1) is 0 Å². The van der Waals surface area contributed by atoms with Crippen LogP contribution in [-0.2, 0) is 12.4 Å². The predicted molar refractivity (Wildman–Crippen MR) is 70.1 cm³/mol. The first kappa shape index (κ1) is 11.9. The van der Waals surface area contributed by atoms with Gasteiger partial charge in [-0.3, -0.25) is 4.98 Å². The van der Waals surface area contributed by atoms with Crippen LogP contribution in [0.5, 0.6) is 0 Å². The lowest BCUT2D eigenvalue weighted by molar-refractivity contribution is 0.861. The van der Waals surface area contributed by atoms with Crippen LogP contribution in [0.15, 0.2) is 42.6 Å². The highest BCUT2D eigenvalue weighted by Crippen LogP contribution is 2.13. The Kier molecular flexibility index (Phi) is 3.94. The summed E-state index contributed by atoms with van der Waals surface area (Å²) in [6, 6.07) is 11.8. The predicted octanol–water partition coefficient (Wildman–Crippen LogP) is 2.85. The molecule has 0 saturated carbocycles. The molecule has 0 spiro atoms. The number of pyridine rings is 2. The van der Waals surface area contributed by atoms with Crippen LogP contribution in [0.4, 0.5) is 5.82 Å². The minimum Gasteiger partial charge on any atom is -0.354 e. The molecule has 3 nitrogen and oxygen atoms in total. The van der Waals surface area contributed by atoms with Gasteiger partial charge >= 0.3 is 0 Å². The second-order valence-corrected chi connectivity index (χ2v) is 4.07. The summed E-state index contributed by atoms with van der Waals surface area (Å²) in [6.07, 6.45) is 1.80. The zero-order valence-corrected chi connectivity index (χ0v) is 10.4. The first-order valence-electron chi connectivity index (χ1n) is 5.42. The van der Waals surface area contributed by atoms with Gasteiger partial charge in [0.15, 0.2) is 0 Å². The van der Waals surface area contributed by atoms with Crippen molar-refractivity contribution in [2.75, 3.05) is 11.9 Å². The quantitative estimate of drug-likeness (QED) is 0.778. The molecule has 0 atom stereocenters. The van der Waals surface area contributed by atoms with E-state index in [4.69, 9.17) is 11.6 Å². The molecule has 2 aromatic rings. The fourth-order valence-corrected chi connectivity index (χ4v) is 1.72. The molecule has 0 aliphatic rings. The summed E-state index contributed by atoms with van der Waals surface area (Å²) in [6.45, 7) is 0.736. The van der Waals surface area contributed by atoms with Gasteiger partial charge in [-0.15, -0.1) is 11.6 Å². The normalized spacial score (nSPS) is 10.2. The molecule has 0 saturated heterocycles. The minimum atomic E-state index is 0.436. The second kappa shape index (κ2) is 5.64. The Morgan fingerprint density at radius 3 is 2.65 bits per heavy atom. The summed E-state index contributed by atoms with van der Waals surface area (Å²) in [7, 11) is 2.00. The van der Waals surface area contributed by atoms with E-state index in [1.807, 2.05) is 43.4 Å². The van der Waals surface area contributed by atoms with Crippen LogP contribution in [-0.4, -0.2) is 17.0 Å². The van der Waals surface area contributed by atoms with Crippen molar-refractivity contribution < 1.29 is 0 Å². The van der Waals surface area contributed by atoms with Crippen LogP contribution in [0.25, 0.3) is 0 Å². The lowest BCUT2D eigenvalue weighted by Crippen LogP contribution is -2.18. The Morgan fingerprint density at radius 2 is 1.94 bits per heavy atom. The zero-order chi connectivity index (χ0) is 12.1. The van der Waals surface area contributed by atoms with Crippen molar-refractivity contribution in [1.29, 1.82) is 0 Å². The number of hydrogen-bond acceptors (Lipinski definition) is 3. The molecule has 2 heterocycles. The summed E-state index contributed by atoms with van der Waals surface area (Å²) < 4.78 is 0. The smallest absolute Gasteiger partial charge is 0.128 e. The first-order chi connectivity index (χ1) is 8.29. The Hall–Kier alpha value is -1.61. The maximum absolute atomic E-state index is 5.77. The van der Waals surface area contributed by atoms with Gasteiger partial charge in [0, 0.05) is 13.2 Å². The molecule has 0 amide bonds. The molecule has 4 heteroatoms. The van der Waals surface area contributed by atoms with Gasteiger partial charge in [-0.2, -0.15) is 0 Å². The Bertz CT molecular complexity index is 473.